The number of hydrogen-bond donors (Lipinski definition) is 2. The molecular weight excluding hydrogens is 369 g/mol. The minimum atomic E-state index is -4.80. The van der Waals surface area contributed by atoms with Crippen molar-refractivity contribution in [1.82, 2.24) is 4.90 Å². The molecule has 0 saturated carbocycles. The summed E-state index contributed by atoms with van der Waals surface area (Å²) in [5.41, 5.74) is 4.07. The molecule has 28 heavy (non-hydrogen) atoms. The van der Waals surface area contributed by atoms with Crippen molar-refractivity contribution in [1.29, 1.82) is 0 Å². The number of nitrogens with two attached hydrogens (primary N) is 1. The third-order valence-electron chi connectivity index (χ3n) is 5.54. The zero-order chi connectivity index (χ0) is 20.6. The number of aliphatic hydroxyl groups is 1. The third kappa shape index (κ3) is 3.77. The molecular formula is C21H23F3N2O2. The predicted molar refractivity (Wildman–Crippen MR) is 99.5 cm³/mol. The molecule has 0 aliphatic carbocycles. The Balaban J connectivity index is 1.69. The van der Waals surface area contributed by atoms with Gasteiger partial charge in [0.05, 0.1) is 0 Å². The van der Waals surface area contributed by atoms with Crippen molar-refractivity contribution >= 4 is 5.91 Å². The SMILES string of the molecule is CC(O)(c1ccc(C(=O)N2CCC(N)(c3ccccc3)CC2)cc1)C(F)(F)F. The molecule has 0 bridgehead atoms. The Morgan fingerprint density at radius 1 is 1.04 bits per heavy atom. The van der Waals surface area contributed by atoms with Crippen LogP contribution in [-0.2, 0) is 11.1 Å². The second-order valence-corrected chi connectivity index (χ2v) is 7.46. The van der Waals surface area contributed by atoms with Crippen LogP contribution < -0.4 is 5.73 Å². The lowest BCUT2D eigenvalue weighted by atomic mass is 9.82. The highest BCUT2D eigenvalue weighted by atomic mass is 19.4. The van der Waals surface area contributed by atoms with E-state index in [2.05, 4.69) is 0 Å². The summed E-state index contributed by atoms with van der Waals surface area (Å²) in [5, 5.41) is 9.73. The fourth-order valence-corrected chi connectivity index (χ4v) is 3.45. The minimum Gasteiger partial charge on any atom is -0.376 e. The quantitative estimate of drug-likeness (QED) is 0.840. The number of nitrogens with zero attached hydrogens (tertiary/aromatic N) is 1. The first-order chi connectivity index (χ1) is 13.0. The van der Waals surface area contributed by atoms with Crippen LogP contribution in [0, 0.1) is 0 Å². The van der Waals surface area contributed by atoms with E-state index < -0.39 is 17.3 Å². The Bertz CT molecular complexity index is 825. The first-order valence-corrected chi connectivity index (χ1v) is 9.08. The zero-order valence-electron chi connectivity index (χ0n) is 15.5. The number of carbonyl (C=O) groups excluding carboxylic acids is 1. The maximum atomic E-state index is 12.9. The van der Waals surface area contributed by atoms with Gasteiger partial charge in [-0.25, -0.2) is 0 Å². The second kappa shape index (κ2) is 7.22. The first kappa shape index (κ1) is 20.4. The van der Waals surface area contributed by atoms with Crippen LogP contribution in [0.3, 0.4) is 0 Å². The van der Waals surface area contributed by atoms with Crippen LogP contribution in [-0.4, -0.2) is 35.2 Å². The molecule has 1 heterocycles. The zero-order valence-corrected chi connectivity index (χ0v) is 15.5. The lowest BCUT2D eigenvalue weighted by Gasteiger charge is -2.39. The van der Waals surface area contributed by atoms with Gasteiger partial charge < -0.3 is 15.7 Å². The third-order valence-corrected chi connectivity index (χ3v) is 5.54. The van der Waals surface area contributed by atoms with Crippen molar-refractivity contribution in [3.05, 3.63) is 71.3 Å². The highest BCUT2D eigenvalue weighted by molar-refractivity contribution is 5.94. The van der Waals surface area contributed by atoms with Crippen LogP contribution in [0.4, 0.5) is 13.2 Å². The average Bonchev–Trinajstić information content (AvgIpc) is 2.68. The number of likely N-dealkylation sites (tertiary alicyclic amines) is 1. The van der Waals surface area contributed by atoms with Crippen LogP contribution in [0.5, 0.6) is 0 Å². The van der Waals surface area contributed by atoms with Crippen LogP contribution in [0.15, 0.2) is 54.6 Å². The number of amides is 1. The Kier molecular flexibility index (Phi) is 5.25. The molecule has 0 radical (unpaired) electrons. The van der Waals surface area contributed by atoms with E-state index in [-0.39, 0.29) is 17.0 Å². The number of hydrogen-bond acceptors (Lipinski definition) is 3. The first-order valence-electron chi connectivity index (χ1n) is 9.08. The summed E-state index contributed by atoms with van der Waals surface area (Å²) >= 11 is 0. The van der Waals surface area contributed by atoms with E-state index in [1.54, 1.807) is 4.90 Å². The second-order valence-electron chi connectivity index (χ2n) is 7.46. The molecule has 1 unspecified atom stereocenters. The van der Waals surface area contributed by atoms with Gasteiger partial charge in [-0.15, -0.1) is 0 Å². The van der Waals surface area contributed by atoms with Gasteiger partial charge in [-0.3, -0.25) is 4.79 Å². The molecule has 7 heteroatoms. The van der Waals surface area contributed by atoms with Crippen LogP contribution in [0.1, 0.15) is 41.3 Å². The highest BCUT2D eigenvalue weighted by Gasteiger charge is 2.51. The standard InChI is InChI=1S/C21H23F3N2O2/c1-19(28,21(22,23)24)16-9-7-15(8-10-16)18(27)26-13-11-20(25,12-14-26)17-5-3-2-4-6-17/h2-10,28H,11-14,25H2,1H3. The van der Waals surface area contributed by atoms with Crippen molar-refractivity contribution in [2.45, 2.75) is 37.1 Å². The molecule has 1 aliphatic rings. The van der Waals surface area contributed by atoms with Gasteiger partial charge in [0.1, 0.15) is 0 Å². The summed E-state index contributed by atoms with van der Waals surface area (Å²) in [6, 6.07) is 14.6. The van der Waals surface area contributed by atoms with Gasteiger partial charge in [-0.2, -0.15) is 13.2 Å². The number of piperidine rings is 1. The van der Waals surface area contributed by atoms with Crippen LogP contribution >= 0.6 is 0 Å². The number of alkyl halides is 3. The topological polar surface area (TPSA) is 66.6 Å². The van der Waals surface area contributed by atoms with Gasteiger partial charge in [0.2, 0.25) is 0 Å². The molecule has 2 aromatic carbocycles. The van der Waals surface area contributed by atoms with Gasteiger partial charge in [-0.05, 0) is 43.0 Å². The average molecular weight is 392 g/mol. The lowest BCUT2D eigenvalue weighted by Crippen LogP contribution is -2.49. The molecule has 3 rings (SSSR count). The molecule has 2 aromatic rings. The fraction of sp³-hybridized carbons (Fsp3) is 0.381. The van der Waals surface area contributed by atoms with Crippen molar-refractivity contribution in [2.24, 2.45) is 5.73 Å². The number of halogens is 3. The number of benzene rings is 2. The molecule has 0 spiro atoms. The molecule has 150 valence electrons. The van der Waals surface area contributed by atoms with Crippen LogP contribution in [0.25, 0.3) is 0 Å². The summed E-state index contributed by atoms with van der Waals surface area (Å²) in [6.07, 6.45) is -3.60. The van der Waals surface area contributed by atoms with E-state index in [9.17, 15) is 23.1 Å². The number of carbonyl (C=O) groups is 1. The minimum absolute atomic E-state index is 0.256. The monoisotopic (exact) mass is 392 g/mol. The molecule has 1 fully saturated rings. The van der Waals surface area contributed by atoms with Crippen LogP contribution in [0.2, 0.25) is 0 Å². The molecule has 1 saturated heterocycles. The molecule has 4 nitrogen and oxygen atoms in total. The summed E-state index contributed by atoms with van der Waals surface area (Å²) < 4.78 is 38.8. The molecule has 0 aromatic heterocycles. The van der Waals surface area contributed by atoms with Gasteiger partial charge >= 0.3 is 6.18 Å². The van der Waals surface area contributed by atoms with E-state index >= 15 is 0 Å². The molecule has 1 atom stereocenters. The molecule has 3 N–H and O–H groups in total. The van der Waals surface area contributed by atoms with Crippen molar-refractivity contribution in [2.75, 3.05) is 13.1 Å². The Labute approximate surface area is 161 Å². The van der Waals surface area contributed by atoms with Crippen molar-refractivity contribution < 1.29 is 23.1 Å². The number of rotatable bonds is 3. The summed E-state index contributed by atoms with van der Waals surface area (Å²) in [6.45, 7) is 1.62. The normalized spacial score (nSPS) is 19.1. The van der Waals surface area contributed by atoms with E-state index in [4.69, 9.17) is 5.73 Å². The Morgan fingerprint density at radius 2 is 1.57 bits per heavy atom. The Hall–Kier alpha value is -2.38. The largest absolute Gasteiger partial charge is 0.421 e. The highest BCUT2D eigenvalue weighted by Crippen LogP contribution is 2.38. The van der Waals surface area contributed by atoms with E-state index in [0.717, 1.165) is 17.7 Å². The van der Waals surface area contributed by atoms with Crippen molar-refractivity contribution in [3.63, 3.8) is 0 Å². The van der Waals surface area contributed by atoms with E-state index in [0.29, 0.717) is 32.9 Å². The van der Waals surface area contributed by atoms with Gasteiger partial charge in [0.25, 0.3) is 5.91 Å². The van der Waals surface area contributed by atoms with E-state index in [1.165, 1.54) is 12.1 Å². The summed E-state index contributed by atoms with van der Waals surface area (Å²) in [4.78, 5) is 14.4. The van der Waals surface area contributed by atoms with Gasteiger partial charge in [0, 0.05) is 24.2 Å². The van der Waals surface area contributed by atoms with Crippen molar-refractivity contribution in [3.8, 4) is 0 Å². The van der Waals surface area contributed by atoms with Gasteiger partial charge in [-0.1, -0.05) is 42.5 Å². The fourth-order valence-electron chi connectivity index (χ4n) is 3.45. The summed E-state index contributed by atoms with van der Waals surface area (Å²) in [7, 11) is 0. The summed E-state index contributed by atoms with van der Waals surface area (Å²) in [5.74, 6) is -0.256. The lowest BCUT2D eigenvalue weighted by molar-refractivity contribution is -0.258. The maximum absolute atomic E-state index is 12.9. The Morgan fingerprint density at radius 3 is 2.07 bits per heavy atom. The smallest absolute Gasteiger partial charge is 0.376 e. The molecule has 1 amide bonds. The van der Waals surface area contributed by atoms with Gasteiger partial charge in [0.15, 0.2) is 5.60 Å². The van der Waals surface area contributed by atoms with E-state index in [1.807, 2.05) is 30.3 Å². The predicted octanol–water partition coefficient (Wildman–Crippen LogP) is 3.55. The maximum Gasteiger partial charge on any atom is 0.421 e. The molecule has 1 aliphatic heterocycles.